The molecule has 0 heterocycles. The van der Waals surface area contributed by atoms with Gasteiger partial charge in [-0.2, -0.15) is 8.78 Å². The quantitative estimate of drug-likeness (QED) is 0.782. The van der Waals surface area contributed by atoms with Crippen molar-refractivity contribution < 1.29 is 23.0 Å². The number of methoxy groups -OCH3 is 1. The van der Waals surface area contributed by atoms with Gasteiger partial charge < -0.3 is 14.8 Å². The van der Waals surface area contributed by atoms with Crippen LogP contribution in [0.4, 0.5) is 8.78 Å². The topological polar surface area (TPSA) is 47.6 Å². The maximum Gasteiger partial charge on any atom is 0.387 e. The van der Waals surface area contributed by atoms with Gasteiger partial charge in [0.05, 0.1) is 7.11 Å². The third-order valence-corrected chi connectivity index (χ3v) is 3.18. The molecule has 1 rings (SSSR count). The molecule has 4 nitrogen and oxygen atoms in total. The molecule has 122 valence electrons. The Labute approximate surface area is 129 Å². The predicted molar refractivity (Wildman–Crippen MR) is 81.2 cm³/mol. The summed E-state index contributed by atoms with van der Waals surface area (Å²) < 4.78 is 33.8. The molecule has 0 saturated heterocycles. The average Bonchev–Trinajstić information content (AvgIpc) is 2.45. The minimum absolute atomic E-state index is 0.0498. The lowest BCUT2D eigenvalue weighted by atomic mass is 10.0. The number of hydrogen-bond acceptors (Lipinski definition) is 3. The second-order valence-electron chi connectivity index (χ2n) is 5.35. The molecule has 0 aliphatic heterocycles. The Balaban J connectivity index is 2.81. The standard InChI is InChI=1S/C16H21F2NO3/c1-5-16(2,3)19-14(20)9-7-11-6-8-12(22-15(17)18)13(10-11)21-4/h6-10,15H,5H2,1-4H3,(H,19,20). The number of carbonyl (C=O) groups excluding carboxylic acids is 1. The van der Waals surface area contributed by atoms with Gasteiger partial charge in [0.25, 0.3) is 0 Å². The highest BCUT2D eigenvalue weighted by Gasteiger charge is 2.16. The van der Waals surface area contributed by atoms with Crippen molar-refractivity contribution in [2.24, 2.45) is 0 Å². The number of rotatable bonds is 7. The van der Waals surface area contributed by atoms with Crippen LogP contribution in [0.25, 0.3) is 6.08 Å². The lowest BCUT2D eigenvalue weighted by molar-refractivity contribution is -0.118. The monoisotopic (exact) mass is 313 g/mol. The molecule has 1 amide bonds. The molecule has 0 aliphatic rings. The molecule has 0 saturated carbocycles. The third-order valence-electron chi connectivity index (χ3n) is 3.18. The van der Waals surface area contributed by atoms with Crippen LogP contribution >= 0.6 is 0 Å². The first-order valence-corrected chi connectivity index (χ1v) is 6.90. The Morgan fingerprint density at radius 1 is 1.36 bits per heavy atom. The van der Waals surface area contributed by atoms with Crippen molar-refractivity contribution in [2.45, 2.75) is 39.3 Å². The van der Waals surface area contributed by atoms with E-state index in [1.165, 1.54) is 25.3 Å². The Kier molecular flexibility index (Phi) is 6.34. The molecule has 1 N–H and O–H groups in total. The normalized spacial score (nSPS) is 11.8. The van der Waals surface area contributed by atoms with Gasteiger partial charge in [0.2, 0.25) is 5.91 Å². The molecule has 0 aliphatic carbocycles. The van der Waals surface area contributed by atoms with Gasteiger partial charge in [-0.15, -0.1) is 0 Å². The molecule has 0 atom stereocenters. The Hall–Kier alpha value is -2.11. The maximum absolute atomic E-state index is 12.2. The summed E-state index contributed by atoms with van der Waals surface area (Å²) in [6.07, 6.45) is 3.77. The van der Waals surface area contributed by atoms with Crippen LogP contribution in [0.2, 0.25) is 0 Å². The fourth-order valence-corrected chi connectivity index (χ4v) is 1.62. The SMILES string of the molecule is CCC(C)(C)NC(=O)C=Cc1ccc(OC(F)F)c(OC)c1. The zero-order valence-electron chi connectivity index (χ0n) is 13.2. The Morgan fingerprint density at radius 3 is 2.59 bits per heavy atom. The molecule has 0 fully saturated rings. The van der Waals surface area contributed by atoms with Crippen LogP contribution in [0.15, 0.2) is 24.3 Å². The molecule has 22 heavy (non-hydrogen) atoms. The summed E-state index contributed by atoms with van der Waals surface area (Å²) in [6.45, 7) is 2.92. The van der Waals surface area contributed by atoms with Gasteiger partial charge in [-0.25, -0.2) is 0 Å². The summed E-state index contributed by atoms with van der Waals surface area (Å²) in [5, 5.41) is 2.86. The summed E-state index contributed by atoms with van der Waals surface area (Å²) >= 11 is 0. The number of alkyl halides is 2. The smallest absolute Gasteiger partial charge is 0.387 e. The molecule has 1 aromatic carbocycles. The highest BCUT2D eigenvalue weighted by atomic mass is 19.3. The molecule has 0 aromatic heterocycles. The van der Waals surface area contributed by atoms with Crippen LogP contribution in [0.3, 0.4) is 0 Å². The van der Waals surface area contributed by atoms with Gasteiger partial charge in [-0.05, 0) is 44.0 Å². The lowest BCUT2D eigenvalue weighted by Crippen LogP contribution is -2.41. The summed E-state index contributed by atoms with van der Waals surface area (Å²) in [6, 6.07) is 4.46. The first kappa shape index (κ1) is 17.9. The van der Waals surface area contributed by atoms with Crippen molar-refractivity contribution in [1.82, 2.24) is 5.32 Å². The Morgan fingerprint density at radius 2 is 2.05 bits per heavy atom. The highest BCUT2D eigenvalue weighted by molar-refractivity contribution is 5.92. The Bertz CT molecular complexity index is 542. The fourth-order valence-electron chi connectivity index (χ4n) is 1.62. The van der Waals surface area contributed by atoms with Gasteiger partial charge in [0.15, 0.2) is 11.5 Å². The average molecular weight is 313 g/mol. The predicted octanol–water partition coefficient (Wildman–Crippen LogP) is 3.61. The van der Waals surface area contributed by atoms with E-state index >= 15 is 0 Å². The molecular weight excluding hydrogens is 292 g/mol. The van der Waals surface area contributed by atoms with Gasteiger partial charge in [-0.3, -0.25) is 4.79 Å². The van der Waals surface area contributed by atoms with Gasteiger partial charge in [0, 0.05) is 11.6 Å². The molecule has 0 unspecified atom stereocenters. The van der Waals surface area contributed by atoms with Crippen molar-refractivity contribution in [3.05, 3.63) is 29.8 Å². The second-order valence-corrected chi connectivity index (χ2v) is 5.35. The first-order chi connectivity index (χ1) is 10.3. The number of ether oxygens (including phenoxy) is 2. The molecular formula is C16H21F2NO3. The van der Waals surface area contributed by atoms with Crippen LogP contribution in [0.1, 0.15) is 32.8 Å². The number of halogens is 2. The van der Waals surface area contributed by atoms with Crippen LogP contribution in [0, 0.1) is 0 Å². The van der Waals surface area contributed by atoms with E-state index in [1.807, 2.05) is 20.8 Å². The summed E-state index contributed by atoms with van der Waals surface area (Å²) in [4.78, 5) is 11.8. The van der Waals surface area contributed by atoms with Crippen molar-refractivity contribution in [2.75, 3.05) is 7.11 Å². The van der Waals surface area contributed by atoms with Crippen LogP contribution in [0.5, 0.6) is 11.5 Å². The first-order valence-electron chi connectivity index (χ1n) is 6.90. The minimum Gasteiger partial charge on any atom is -0.493 e. The van der Waals surface area contributed by atoms with Gasteiger partial charge in [0.1, 0.15) is 0 Å². The number of hydrogen-bond donors (Lipinski definition) is 1. The van der Waals surface area contributed by atoms with E-state index in [1.54, 1.807) is 12.1 Å². The third kappa shape index (κ3) is 5.71. The molecule has 0 bridgehead atoms. The van der Waals surface area contributed by atoms with Crippen molar-refractivity contribution in [3.63, 3.8) is 0 Å². The van der Waals surface area contributed by atoms with E-state index in [-0.39, 0.29) is 22.9 Å². The van der Waals surface area contributed by atoms with Crippen LogP contribution in [-0.4, -0.2) is 25.2 Å². The molecule has 0 spiro atoms. The summed E-state index contributed by atoms with van der Waals surface area (Å²) in [5.41, 5.74) is 0.358. The van der Waals surface area contributed by atoms with Crippen LogP contribution < -0.4 is 14.8 Å². The van der Waals surface area contributed by atoms with E-state index in [4.69, 9.17) is 4.74 Å². The van der Waals surface area contributed by atoms with E-state index in [9.17, 15) is 13.6 Å². The van der Waals surface area contributed by atoms with E-state index in [2.05, 4.69) is 10.1 Å². The van der Waals surface area contributed by atoms with Crippen molar-refractivity contribution >= 4 is 12.0 Å². The van der Waals surface area contributed by atoms with Gasteiger partial charge in [-0.1, -0.05) is 13.0 Å². The van der Waals surface area contributed by atoms with E-state index in [0.29, 0.717) is 5.56 Å². The summed E-state index contributed by atoms with van der Waals surface area (Å²) in [5.74, 6) is -0.0957. The van der Waals surface area contributed by atoms with Crippen LogP contribution in [-0.2, 0) is 4.79 Å². The maximum atomic E-state index is 12.2. The second kappa shape index (κ2) is 7.77. The van der Waals surface area contributed by atoms with Crippen molar-refractivity contribution in [1.29, 1.82) is 0 Å². The highest BCUT2D eigenvalue weighted by Crippen LogP contribution is 2.29. The minimum atomic E-state index is -2.92. The zero-order valence-corrected chi connectivity index (χ0v) is 13.2. The zero-order chi connectivity index (χ0) is 16.8. The fraction of sp³-hybridized carbons (Fsp3) is 0.438. The molecule has 0 radical (unpaired) electrons. The van der Waals surface area contributed by atoms with E-state index in [0.717, 1.165) is 6.42 Å². The number of carbonyl (C=O) groups is 1. The number of amides is 1. The van der Waals surface area contributed by atoms with Gasteiger partial charge >= 0.3 is 6.61 Å². The van der Waals surface area contributed by atoms with E-state index < -0.39 is 6.61 Å². The number of nitrogens with one attached hydrogen (secondary N) is 1. The summed E-state index contributed by atoms with van der Waals surface area (Å²) in [7, 11) is 1.36. The largest absolute Gasteiger partial charge is 0.493 e. The van der Waals surface area contributed by atoms with Crippen molar-refractivity contribution in [3.8, 4) is 11.5 Å². The molecule has 1 aromatic rings. The number of benzene rings is 1. The lowest BCUT2D eigenvalue weighted by Gasteiger charge is -2.23. The molecule has 6 heteroatoms.